The number of hydrogen-bond acceptors (Lipinski definition) is 2. The zero-order valence-corrected chi connectivity index (χ0v) is 12.3. The number of nitrogens with zero attached hydrogens (tertiary/aromatic N) is 1. The molecule has 1 heterocycles. The number of benzene rings is 1. The van der Waals surface area contributed by atoms with Crippen LogP contribution in [0.1, 0.15) is 43.2 Å². The lowest BCUT2D eigenvalue weighted by Gasteiger charge is -2.51. The van der Waals surface area contributed by atoms with Crippen molar-refractivity contribution in [2.75, 3.05) is 24.5 Å². The Labute approximate surface area is 117 Å². The summed E-state index contributed by atoms with van der Waals surface area (Å²) in [6.45, 7) is 7.91. The van der Waals surface area contributed by atoms with Gasteiger partial charge in [0.25, 0.3) is 0 Å². The van der Waals surface area contributed by atoms with E-state index in [4.69, 9.17) is 0 Å². The first-order chi connectivity index (χ1) is 9.21. The summed E-state index contributed by atoms with van der Waals surface area (Å²) in [7, 11) is 0. The van der Waals surface area contributed by atoms with E-state index in [-0.39, 0.29) is 0 Å². The second-order valence-corrected chi connectivity index (χ2v) is 6.40. The molecule has 3 rings (SSSR count). The average molecular weight is 258 g/mol. The average Bonchev–Trinajstić information content (AvgIpc) is 2.43. The van der Waals surface area contributed by atoms with Gasteiger partial charge in [-0.3, -0.25) is 0 Å². The lowest BCUT2D eigenvalue weighted by molar-refractivity contribution is 0.241. The van der Waals surface area contributed by atoms with E-state index in [0.717, 1.165) is 13.1 Å². The molecule has 0 aromatic heterocycles. The zero-order chi connectivity index (χ0) is 13.3. The minimum absolute atomic E-state index is 0.384. The summed E-state index contributed by atoms with van der Waals surface area (Å²) >= 11 is 0. The summed E-state index contributed by atoms with van der Waals surface area (Å²) in [5, 5.41) is 3.64. The van der Waals surface area contributed by atoms with Gasteiger partial charge in [0.15, 0.2) is 0 Å². The second-order valence-electron chi connectivity index (χ2n) is 6.40. The Morgan fingerprint density at radius 1 is 1.11 bits per heavy atom. The predicted octanol–water partition coefficient (Wildman–Crippen LogP) is 3.42. The molecule has 2 heteroatoms. The zero-order valence-electron chi connectivity index (χ0n) is 12.3. The van der Waals surface area contributed by atoms with E-state index in [0.29, 0.717) is 5.54 Å². The van der Waals surface area contributed by atoms with Gasteiger partial charge in [0, 0.05) is 25.3 Å². The van der Waals surface area contributed by atoms with Crippen molar-refractivity contribution in [1.82, 2.24) is 5.32 Å². The van der Waals surface area contributed by atoms with Crippen LogP contribution in [-0.4, -0.2) is 25.2 Å². The SMILES string of the molecule is Cc1ccc(C)c(N2CCNCC23CCCCC3)c1. The molecule has 0 atom stereocenters. The molecule has 1 aliphatic heterocycles. The summed E-state index contributed by atoms with van der Waals surface area (Å²) in [6.07, 6.45) is 6.91. The Morgan fingerprint density at radius 2 is 1.89 bits per heavy atom. The van der Waals surface area contributed by atoms with Gasteiger partial charge in [0.1, 0.15) is 0 Å². The fourth-order valence-electron chi connectivity index (χ4n) is 3.89. The van der Waals surface area contributed by atoms with Crippen LogP contribution in [0.4, 0.5) is 5.69 Å². The van der Waals surface area contributed by atoms with Crippen molar-refractivity contribution in [2.24, 2.45) is 0 Å². The minimum atomic E-state index is 0.384. The second kappa shape index (κ2) is 5.16. The molecule has 1 saturated heterocycles. The van der Waals surface area contributed by atoms with E-state index < -0.39 is 0 Å². The van der Waals surface area contributed by atoms with Crippen molar-refractivity contribution >= 4 is 5.69 Å². The molecule has 1 aromatic carbocycles. The fraction of sp³-hybridized carbons (Fsp3) is 0.647. The van der Waals surface area contributed by atoms with Gasteiger partial charge < -0.3 is 10.2 Å². The monoisotopic (exact) mass is 258 g/mol. The highest BCUT2D eigenvalue weighted by Gasteiger charge is 2.40. The third-order valence-corrected chi connectivity index (χ3v) is 4.98. The maximum atomic E-state index is 3.64. The van der Waals surface area contributed by atoms with Crippen molar-refractivity contribution in [3.63, 3.8) is 0 Å². The Hall–Kier alpha value is -1.02. The van der Waals surface area contributed by atoms with Crippen LogP contribution in [-0.2, 0) is 0 Å². The maximum absolute atomic E-state index is 3.64. The van der Waals surface area contributed by atoms with Crippen molar-refractivity contribution < 1.29 is 0 Å². The Bertz CT molecular complexity index is 438. The molecule has 2 aliphatic rings. The van der Waals surface area contributed by atoms with E-state index >= 15 is 0 Å². The van der Waals surface area contributed by atoms with Crippen LogP contribution in [0.5, 0.6) is 0 Å². The molecule has 0 radical (unpaired) electrons. The lowest BCUT2D eigenvalue weighted by atomic mass is 9.78. The van der Waals surface area contributed by atoms with Crippen LogP contribution >= 0.6 is 0 Å². The smallest absolute Gasteiger partial charge is 0.0527 e. The summed E-state index contributed by atoms with van der Waals surface area (Å²) in [5.74, 6) is 0. The summed E-state index contributed by atoms with van der Waals surface area (Å²) in [5.41, 5.74) is 4.67. The summed E-state index contributed by atoms with van der Waals surface area (Å²) in [6, 6.07) is 6.90. The molecule has 2 nitrogen and oxygen atoms in total. The van der Waals surface area contributed by atoms with Crippen LogP contribution in [0, 0.1) is 13.8 Å². The maximum Gasteiger partial charge on any atom is 0.0527 e. The predicted molar refractivity (Wildman–Crippen MR) is 81.9 cm³/mol. The van der Waals surface area contributed by atoms with Gasteiger partial charge in [0.2, 0.25) is 0 Å². The highest BCUT2D eigenvalue weighted by atomic mass is 15.3. The van der Waals surface area contributed by atoms with Crippen LogP contribution in [0.3, 0.4) is 0 Å². The molecule has 0 unspecified atom stereocenters. The van der Waals surface area contributed by atoms with Crippen molar-refractivity contribution in [1.29, 1.82) is 0 Å². The molecule has 1 aliphatic carbocycles. The Kier molecular flexibility index (Phi) is 3.53. The van der Waals surface area contributed by atoms with Gasteiger partial charge in [-0.25, -0.2) is 0 Å². The van der Waals surface area contributed by atoms with Crippen molar-refractivity contribution in [3.05, 3.63) is 29.3 Å². The number of rotatable bonds is 1. The lowest BCUT2D eigenvalue weighted by Crippen LogP contribution is -2.62. The quantitative estimate of drug-likeness (QED) is 0.830. The number of piperazine rings is 1. The number of anilines is 1. The Balaban J connectivity index is 1.97. The molecule has 1 spiro atoms. The summed E-state index contributed by atoms with van der Waals surface area (Å²) in [4.78, 5) is 2.73. The molecular formula is C17H26N2. The fourth-order valence-corrected chi connectivity index (χ4v) is 3.89. The molecule has 19 heavy (non-hydrogen) atoms. The molecule has 2 fully saturated rings. The van der Waals surface area contributed by atoms with Crippen LogP contribution in [0.15, 0.2) is 18.2 Å². The standard InChI is InChI=1S/C17H26N2/c1-14-6-7-15(2)16(12-14)19-11-10-18-13-17(19)8-4-3-5-9-17/h6-7,12,18H,3-5,8-11,13H2,1-2H3. The van der Waals surface area contributed by atoms with Gasteiger partial charge in [0.05, 0.1) is 5.54 Å². The highest BCUT2D eigenvalue weighted by Crippen LogP contribution is 2.39. The van der Waals surface area contributed by atoms with E-state index in [2.05, 4.69) is 42.3 Å². The molecule has 1 N–H and O–H groups in total. The molecule has 0 amide bonds. The number of hydrogen-bond donors (Lipinski definition) is 1. The molecule has 0 bridgehead atoms. The topological polar surface area (TPSA) is 15.3 Å². The van der Waals surface area contributed by atoms with Crippen LogP contribution < -0.4 is 10.2 Å². The van der Waals surface area contributed by atoms with E-state index in [1.165, 1.54) is 55.5 Å². The van der Waals surface area contributed by atoms with Crippen LogP contribution in [0.25, 0.3) is 0 Å². The number of aryl methyl sites for hydroxylation is 2. The Morgan fingerprint density at radius 3 is 2.68 bits per heavy atom. The first kappa shape index (κ1) is 13.0. The minimum Gasteiger partial charge on any atom is -0.363 e. The first-order valence-corrected chi connectivity index (χ1v) is 7.77. The van der Waals surface area contributed by atoms with E-state index in [1.807, 2.05) is 0 Å². The van der Waals surface area contributed by atoms with E-state index in [1.54, 1.807) is 0 Å². The van der Waals surface area contributed by atoms with Gasteiger partial charge in [-0.05, 0) is 43.9 Å². The molecule has 104 valence electrons. The molecule has 1 aromatic rings. The van der Waals surface area contributed by atoms with Gasteiger partial charge in [-0.15, -0.1) is 0 Å². The van der Waals surface area contributed by atoms with E-state index in [9.17, 15) is 0 Å². The third-order valence-electron chi connectivity index (χ3n) is 4.98. The first-order valence-electron chi connectivity index (χ1n) is 7.77. The van der Waals surface area contributed by atoms with Gasteiger partial charge >= 0.3 is 0 Å². The molecular weight excluding hydrogens is 232 g/mol. The third kappa shape index (κ3) is 2.38. The molecule has 1 saturated carbocycles. The summed E-state index contributed by atoms with van der Waals surface area (Å²) < 4.78 is 0. The normalized spacial score (nSPS) is 22.7. The highest BCUT2D eigenvalue weighted by molar-refractivity contribution is 5.57. The van der Waals surface area contributed by atoms with Gasteiger partial charge in [-0.2, -0.15) is 0 Å². The largest absolute Gasteiger partial charge is 0.363 e. The van der Waals surface area contributed by atoms with Gasteiger partial charge in [-0.1, -0.05) is 31.4 Å². The van der Waals surface area contributed by atoms with Crippen LogP contribution in [0.2, 0.25) is 0 Å². The van der Waals surface area contributed by atoms with Crippen molar-refractivity contribution in [3.8, 4) is 0 Å². The number of nitrogens with one attached hydrogen (secondary N) is 1. The van der Waals surface area contributed by atoms with Crippen molar-refractivity contribution in [2.45, 2.75) is 51.5 Å².